The predicted molar refractivity (Wildman–Crippen MR) is 43.2 cm³/mol. The first kappa shape index (κ1) is 11.4. The van der Waals surface area contributed by atoms with Crippen molar-refractivity contribution in [2.45, 2.75) is 12.6 Å². The SMILES string of the molecule is Cn1cnc(C(=O)CC(=O)C(F)(F)F)c1. The Bertz CT molecular complexity index is 395. The van der Waals surface area contributed by atoms with E-state index < -0.39 is 24.2 Å². The third-order valence-electron chi connectivity index (χ3n) is 1.63. The van der Waals surface area contributed by atoms with E-state index in [-0.39, 0.29) is 5.69 Å². The first-order valence-electron chi connectivity index (χ1n) is 3.92. The number of Topliss-reactive ketones (excluding diaryl/α,β-unsaturated/α-hetero) is 2. The van der Waals surface area contributed by atoms with Gasteiger partial charge in [0.2, 0.25) is 5.78 Å². The first-order valence-corrected chi connectivity index (χ1v) is 3.92. The number of aryl methyl sites for hydroxylation is 1. The van der Waals surface area contributed by atoms with Crippen LogP contribution in [0, 0.1) is 0 Å². The highest BCUT2D eigenvalue weighted by atomic mass is 19.4. The summed E-state index contributed by atoms with van der Waals surface area (Å²) in [5.41, 5.74) is -0.143. The van der Waals surface area contributed by atoms with Crippen LogP contribution < -0.4 is 0 Å². The van der Waals surface area contributed by atoms with Crippen LogP contribution in [-0.2, 0) is 11.8 Å². The van der Waals surface area contributed by atoms with E-state index in [1.54, 1.807) is 7.05 Å². The van der Waals surface area contributed by atoms with Gasteiger partial charge in [-0.25, -0.2) is 4.98 Å². The molecule has 0 bridgehead atoms. The van der Waals surface area contributed by atoms with E-state index in [1.165, 1.54) is 17.1 Å². The molecule has 1 rings (SSSR count). The Morgan fingerprint density at radius 2 is 2.07 bits per heavy atom. The van der Waals surface area contributed by atoms with Gasteiger partial charge in [0.25, 0.3) is 0 Å². The summed E-state index contributed by atoms with van der Waals surface area (Å²) in [6, 6.07) is 0. The topological polar surface area (TPSA) is 52.0 Å². The Hall–Kier alpha value is -1.66. The van der Waals surface area contributed by atoms with Gasteiger partial charge in [-0.1, -0.05) is 0 Å². The van der Waals surface area contributed by atoms with Crippen LogP contribution in [0.4, 0.5) is 13.2 Å². The lowest BCUT2D eigenvalue weighted by atomic mass is 10.1. The fraction of sp³-hybridized carbons (Fsp3) is 0.375. The highest BCUT2D eigenvalue weighted by Gasteiger charge is 2.39. The molecular formula is C8H7F3N2O2. The number of rotatable bonds is 3. The maximum atomic E-state index is 11.8. The number of halogens is 3. The minimum Gasteiger partial charge on any atom is -0.340 e. The molecule has 0 atom stereocenters. The van der Waals surface area contributed by atoms with Crippen molar-refractivity contribution in [1.82, 2.24) is 9.55 Å². The van der Waals surface area contributed by atoms with E-state index in [1.807, 2.05) is 0 Å². The summed E-state index contributed by atoms with van der Waals surface area (Å²) >= 11 is 0. The molecule has 0 unspecified atom stereocenters. The first-order chi connectivity index (χ1) is 6.80. The predicted octanol–water partition coefficient (Wildman–Crippen LogP) is 1.12. The molecule has 7 heteroatoms. The zero-order valence-electron chi connectivity index (χ0n) is 7.71. The molecule has 0 saturated carbocycles. The normalized spacial score (nSPS) is 11.5. The average Bonchev–Trinajstić information content (AvgIpc) is 2.50. The molecule has 15 heavy (non-hydrogen) atoms. The molecule has 0 saturated heterocycles. The molecule has 0 N–H and O–H groups in total. The largest absolute Gasteiger partial charge is 0.450 e. The highest BCUT2D eigenvalue weighted by Crippen LogP contribution is 2.18. The van der Waals surface area contributed by atoms with E-state index >= 15 is 0 Å². The molecule has 0 fully saturated rings. The Kier molecular flexibility index (Phi) is 2.92. The molecule has 0 radical (unpaired) electrons. The fourth-order valence-electron chi connectivity index (χ4n) is 0.893. The highest BCUT2D eigenvalue weighted by molar-refractivity contribution is 6.08. The van der Waals surface area contributed by atoms with Gasteiger partial charge in [-0.2, -0.15) is 13.2 Å². The van der Waals surface area contributed by atoms with Crippen LogP contribution in [0.2, 0.25) is 0 Å². The van der Waals surface area contributed by atoms with Crippen molar-refractivity contribution in [1.29, 1.82) is 0 Å². The Morgan fingerprint density at radius 1 is 1.47 bits per heavy atom. The molecule has 82 valence electrons. The molecule has 1 heterocycles. The lowest BCUT2D eigenvalue weighted by Crippen LogP contribution is -2.25. The zero-order valence-corrected chi connectivity index (χ0v) is 7.71. The van der Waals surface area contributed by atoms with Crippen molar-refractivity contribution in [3.05, 3.63) is 18.2 Å². The number of imidazole rings is 1. The number of ketones is 2. The minimum atomic E-state index is -4.97. The van der Waals surface area contributed by atoms with Crippen LogP contribution in [0.5, 0.6) is 0 Å². The molecular weight excluding hydrogens is 213 g/mol. The van der Waals surface area contributed by atoms with Gasteiger partial charge in [-0.15, -0.1) is 0 Å². The summed E-state index contributed by atoms with van der Waals surface area (Å²) in [6.45, 7) is 0. The second-order valence-electron chi connectivity index (χ2n) is 2.95. The lowest BCUT2D eigenvalue weighted by Gasteiger charge is -2.02. The molecule has 1 aromatic rings. The van der Waals surface area contributed by atoms with Gasteiger partial charge < -0.3 is 4.57 Å². The standard InChI is InChI=1S/C8H7F3N2O2/c1-13-3-5(12-4-13)6(14)2-7(15)8(9,10)11/h3-4H,2H2,1H3. The van der Waals surface area contributed by atoms with Crippen LogP contribution in [0.15, 0.2) is 12.5 Å². The number of carbonyl (C=O) groups is 2. The fourth-order valence-corrected chi connectivity index (χ4v) is 0.893. The molecule has 0 aliphatic carbocycles. The van der Waals surface area contributed by atoms with E-state index in [0.717, 1.165) is 0 Å². The molecule has 0 amide bonds. The Labute approximate surface area is 82.7 Å². The Morgan fingerprint density at radius 3 is 2.47 bits per heavy atom. The van der Waals surface area contributed by atoms with Crippen molar-refractivity contribution in [3.8, 4) is 0 Å². The third kappa shape index (κ3) is 2.90. The summed E-state index contributed by atoms with van der Waals surface area (Å²) in [6.07, 6.45) is -3.64. The molecule has 0 aliphatic heterocycles. The van der Waals surface area contributed by atoms with Crippen molar-refractivity contribution in [2.75, 3.05) is 0 Å². The van der Waals surface area contributed by atoms with Gasteiger partial charge in [-0.05, 0) is 0 Å². The van der Waals surface area contributed by atoms with Crippen molar-refractivity contribution < 1.29 is 22.8 Å². The minimum absolute atomic E-state index is 0.143. The molecule has 0 spiro atoms. The van der Waals surface area contributed by atoms with Crippen LogP contribution in [0.3, 0.4) is 0 Å². The number of alkyl halides is 3. The van der Waals surface area contributed by atoms with Crippen molar-refractivity contribution in [2.24, 2.45) is 7.05 Å². The molecule has 0 aromatic carbocycles. The number of carbonyl (C=O) groups excluding carboxylic acids is 2. The van der Waals surface area contributed by atoms with Crippen LogP contribution in [0.1, 0.15) is 16.9 Å². The third-order valence-corrected chi connectivity index (χ3v) is 1.63. The molecule has 1 aromatic heterocycles. The average molecular weight is 220 g/mol. The van der Waals surface area contributed by atoms with Gasteiger partial charge in [0.15, 0.2) is 5.78 Å². The van der Waals surface area contributed by atoms with E-state index in [9.17, 15) is 22.8 Å². The number of nitrogens with zero attached hydrogens (tertiary/aromatic N) is 2. The van der Waals surface area contributed by atoms with Crippen LogP contribution in [-0.4, -0.2) is 27.3 Å². The lowest BCUT2D eigenvalue weighted by molar-refractivity contribution is -0.170. The monoisotopic (exact) mass is 220 g/mol. The van der Waals surface area contributed by atoms with Gasteiger partial charge >= 0.3 is 6.18 Å². The van der Waals surface area contributed by atoms with Gasteiger partial charge in [0.05, 0.1) is 12.7 Å². The smallest absolute Gasteiger partial charge is 0.340 e. The number of hydrogen-bond donors (Lipinski definition) is 0. The summed E-state index contributed by atoms with van der Waals surface area (Å²) in [7, 11) is 1.56. The second kappa shape index (κ2) is 3.84. The molecule has 4 nitrogen and oxygen atoms in total. The quantitative estimate of drug-likeness (QED) is 0.566. The van der Waals surface area contributed by atoms with E-state index in [0.29, 0.717) is 0 Å². The summed E-state index contributed by atoms with van der Waals surface area (Å²) in [5, 5.41) is 0. The summed E-state index contributed by atoms with van der Waals surface area (Å²) in [5.74, 6) is -2.99. The zero-order chi connectivity index (χ0) is 11.6. The number of aromatic nitrogens is 2. The van der Waals surface area contributed by atoms with Gasteiger partial charge in [-0.3, -0.25) is 9.59 Å². The summed E-state index contributed by atoms with van der Waals surface area (Å²) in [4.78, 5) is 25.1. The second-order valence-corrected chi connectivity index (χ2v) is 2.95. The Balaban J connectivity index is 2.69. The van der Waals surface area contributed by atoms with Crippen LogP contribution in [0.25, 0.3) is 0 Å². The van der Waals surface area contributed by atoms with E-state index in [4.69, 9.17) is 0 Å². The summed E-state index contributed by atoms with van der Waals surface area (Å²) < 4.78 is 36.8. The van der Waals surface area contributed by atoms with Crippen LogP contribution >= 0.6 is 0 Å². The molecule has 0 aliphatic rings. The maximum absolute atomic E-state index is 11.8. The van der Waals surface area contributed by atoms with E-state index in [2.05, 4.69) is 4.98 Å². The number of hydrogen-bond acceptors (Lipinski definition) is 3. The van der Waals surface area contributed by atoms with Crippen molar-refractivity contribution >= 4 is 11.6 Å². The van der Waals surface area contributed by atoms with Crippen molar-refractivity contribution in [3.63, 3.8) is 0 Å². The van der Waals surface area contributed by atoms with Gasteiger partial charge in [0, 0.05) is 13.2 Å². The maximum Gasteiger partial charge on any atom is 0.450 e. The van der Waals surface area contributed by atoms with Gasteiger partial charge in [0.1, 0.15) is 5.69 Å².